The molecule has 0 amide bonds. The summed E-state index contributed by atoms with van der Waals surface area (Å²) in [5, 5.41) is 10.5. The zero-order valence-electron chi connectivity index (χ0n) is 21.1. The van der Waals surface area contributed by atoms with Crippen molar-refractivity contribution in [2.75, 3.05) is 24.7 Å². The van der Waals surface area contributed by atoms with Gasteiger partial charge in [-0.1, -0.05) is 35.4 Å². The molecule has 212 valence electrons. The third-order valence-electron chi connectivity index (χ3n) is 5.60. The Morgan fingerprint density at radius 1 is 0.974 bits per heavy atom. The minimum atomic E-state index is -4.50. The average molecular weight is 585 g/mol. The maximum atomic E-state index is 13.1. The number of sulfone groups is 1. The molecule has 0 aliphatic rings. The smallest absolute Gasteiger partial charge is 0.357 e. The maximum absolute atomic E-state index is 13.1. The van der Waals surface area contributed by atoms with Gasteiger partial charge in [0.1, 0.15) is 0 Å². The van der Waals surface area contributed by atoms with Gasteiger partial charge in [0.2, 0.25) is 9.84 Å². The van der Waals surface area contributed by atoms with Gasteiger partial charge in [-0.2, -0.15) is 13.1 Å². The van der Waals surface area contributed by atoms with E-state index in [1.807, 2.05) is 4.72 Å². The molecule has 15 nitrogen and oxygen atoms in total. The molecule has 0 fully saturated rings. The molecule has 39 heavy (non-hydrogen) atoms. The Hall–Kier alpha value is -3.93. The van der Waals surface area contributed by atoms with Gasteiger partial charge in [-0.05, 0) is 59.5 Å². The quantitative estimate of drug-likeness (QED) is 0.154. The van der Waals surface area contributed by atoms with Crippen molar-refractivity contribution < 1.29 is 40.5 Å². The van der Waals surface area contributed by atoms with Crippen LogP contribution in [0.1, 0.15) is 18.4 Å². The number of rotatable bonds is 12. The van der Waals surface area contributed by atoms with Crippen LogP contribution in [0.4, 0.5) is 5.69 Å². The average Bonchev–Trinajstić information content (AvgIpc) is 3.39. The maximum Gasteiger partial charge on any atom is 0.357 e. The standard InChI is InChI=1S/C22H25N5O9S2.H3N/c1-35-19(28)22(20(29)36-2,15-16-9-11-17(12-10-16)24-38(32,33)34)13-6-14-37(30,31)21-23-25-26-27(21)18-7-4-3-5-8-18;/h3-5,7-12,24H,6,13-15H2,1-2H3,(H,32,33,34);1H3. The number of para-hydroxylation sites is 1. The first-order valence-electron chi connectivity index (χ1n) is 11.0. The van der Waals surface area contributed by atoms with Crippen LogP contribution in [0, 0.1) is 5.41 Å². The van der Waals surface area contributed by atoms with Gasteiger partial charge in [0.15, 0.2) is 5.41 Å². The van der Waals surface area contributed by atoms with E-state index in [0.29, 0.717) is 11.3 Å². The fourth-order valence-electron chi connectivity index (χ4n) is 3.86. The van der Waals surface area contributed by atoms with Gasteiger partial charge in [0.25, 0.3) is 5.16 Å². The SMILES string of the molecule is COC(=O)C(CCCS(=O)(=O)c1nnnn1-c1ccccc1)(Cc1ccc(NS(=O)(=O)O)cc1)C(=O)OC.N. The van der Waals surface area contributed by atoms with Crippen molar-refractivity contribution >= 4 is 37.8 Å². The molecule has 0 radical (unpaired) electrons. The number of nitrogens with one attached hydrogen (secondary N) is 1. The molecule has 17 heteroatoms. The van der Waals surface area contributed by atoms with Crippen molar-refractivity contribution in [3.05, 3.63) is 60.2 Å². The first-order chi connectivity index (χ1) is 17.9. The number of anilines is 1. The molecule has 2 aromatic carbocycles. The van der Waals surface area contributed by atoms with Crippen molar-refractivity contribution in [2.24, 2.45) is 5.41 Å². The second-order valence-electron chi connectivity index (χ2n) is 8.15. The number of tetrazole rings is 1. The second-order valence-corrected chi connectivity index (χ2v) is 11.3. The van der Waals surface area contributed by atoms with E-state index in [1.165, 1.54) is 24.3 Å². The van der Waals surface area contributed by atoms with E-state index in [9.17, 15) is 26.4 Å². The Bertz CT molecular complexity index is 1480. The van der Waals surface area contributed by atoms with Gasteiger partial charge >= 0.3 is 22.2 Å². The predicted octanol–water partition coefficient (Wildman–Crippen LogP) is 1.17. The van der Waals surface area contributed by atoms with E-state index < -0.39 is 48.4 Å². The normalized spacial score (nSPS) is 11.8. The van der Waals surface area contributed by atoms with Crippen LogP contribution in [0.5, 0.6) is 0 Å². The van der Waals surface area contributed by atoms with Crippen LogP contribution in [-0.4, -0.2) is 73.5 Å². The minimum absolute atomic E-state index is 0. The lowest BCUT2D eigenvalue weighted by Gasteiger charge is -2.28. The molecule has 0 saturated heterocycles. The summed E-state index contributed by atoms with van der Waals surface area (Å²) in [6.07, 6.45) is -0.652. The van der Waals surface area contributed by atoms with Crippen molar-refractivity contribution in [3.8, 4) is 5.69 Å². The fraction of sp³-hybridized carbons (Fsp3) is 0.318. The highest BCUT2D eigenvalue weighted by Gasteiger charge is 2.48. The number of hydrogen-bond acceptors (Lipinski definition) is 12. The van der Waals surface area contributed by atoms with Gasteiger partial charge in [-0.3, -0.25) is 18.9 Å². The Kier molecular flexibility index (Phi) is 10.2. The number of benzene rings is 2. The Balaban J connectivity index is 0.00000533. The lowest BCUT2D eigenvalue weighted by Crippen LogP contribution is -2.43. The molecule has 0 aliphatic carbocycles. The topological polar surface area (TPSA) is 232 Å². The first kappa shape index (κ1) is 31.3. The van der Waals surface area contributed by atoms with Gasteiger partial charge in [-0.15, -0.1) is 0 Å². The van der Waals surface area contributed by atoms with Crippen LogP contribution >= 0.6 is 0 Å². The van der Waals surface area contributed by atoms with E-state index in [4.69, 9.17) is 14.0 Å². The zero-order chi connectivity index (χ0) is 28.0. The third-order valence-corrected chi connectivity index (χ3v) is 7.73. The molecular formula is C22H28N6O9S2. The molecule has 0 saturated carbocycles. The number of hydrogen-bond donors (Lipinski definition) is 3. The number of carbonyl (C=O) groups is 2. The summed E-state index contributed by atoms with van der Waals surface area (Å²) in [4.78, 5) is 25.8. The molecular weight excluding hydrogens is 556 g/mol. The lowest BCUT2D eigenvalue weighted by molar-refractivity contribution is -0.169. The molecule has 0 unspecified atom stereocenters. The van der Waals surface area contributed by atoms with Crippen LogP contribution < -0.4 is 10.9 Å². The summed E-state index contributed by atoms with van der Waals surface area (Å²) in [6, 6.07) is 13.9. The Morgan fingerprint density at radius 3 is 2.10 bits per heavy atom. The number of esters is 2. The molecule has 3 rings (SSSR count). The summed E-state index contributed by atoms with van der Waals surface area (Å²) in [5.41, 5.74) is -1.01. The van der Waals surface area contributed by atoms with Crippen molar-refractivity contribution in [1.82, 2.24) is 26.4 Å². The van der Waals surface area contributed by atoms with Crippen molar-refractivity contribution in [1.29, 1.82) is 0 Å². The molecule has 1 heterocycles. The largest absolute Gasteiger partial charge is 0.468 e. The lowest BCUT2D eigenvalue weighted by atomic mass is 9.77. The number of carbonyl (C=O) groups excluding carboxylic acids is 2. The molecule has 0 atom stereocenters. The molecule has 5 N–H and O–H groups in total. The summed E-state index contributed by atoms with van der Waals surface area (Å²) >= 11 is 0. The summed E-state index contributed by atoms with van der Waals surface area (Å²) < 4.78 is 69.9. The molecule has 0 bridgehead atoms. The number of ether oxygens (including phenoxy) is 2. The summed E-state index contributed by atoms with van der Waals surface area (Å²) in [6.45, 7) is 0. The fourth-order valence-corrected chi connectivity index (χ4v) is 5.57. The Morgan fingerprint density at radius 2 is 1.56 bits per heavy atom. The number of nitrogens with zero attached hydrogens (tertiary/aromatic N) is 4. The molecule has 0 spiro atoms. The zero-order valence-corrected chi connectivity index (χ0v) is 22.7. The third kappa shape index (κ3) is 7.56. The van der Waals surface area contributed by atoms with Crippen molar-refractivity contribution in [3.63, 3.8) is 0 Å². The highest BCUT2D eigenvalue weighted by molar-refractivity contribution is 7.91. The van der Waals surface area contributed by atoms with E-state index in [0.717, 1.165) is 18.9 Å². The van der Waals surface area contributed by atoms with Crippen LogP contribution in [-0.2, 0) is 45.6 Å². The van der Waals surface area contributed by atoms with Crippen LogP contribution in [0.2, 0.25) is 0 Å². The number of aromatic nitrogens is 4. The minimum Gasteiger partial charge on any atom is -0.468 e. The summed E-state index contributed by atoms with van der Waals surface area (Å²) in [5.74, 6) is -2.36. The van der Waals surface area contributed by atoms with E-state index in [2.05, 4.69) is 15.5 Å². The van der Waals surface area contributed by atoms with Crippen LogP contribution in [0.15, 0.2) is 59.8 Å². The van der Waals surface area contributed by atoms with E-state index in [-0.39, 0.29) is 31.1 Å². The van der Waals surface area contributed by atoms with Gasteiger partial charge in [0.05, 0.1) is 31.3 Å². The Labute approximate surface area is 224 Å². The monoisotopic (exact) mass is 584 g/mol. The number of methoxy groups -OCH3 is 2. The molecule has 1 aromatic heterocycles. The van der Waals surface area contributed by atoms with Gasteiger partial charge in [-0.25, -0.2) is 8.42 Å². The first-order valence-corrected chi connectivity index (χ1v) is 14.1. The molecule has 0 aliphatic heterocycles. The highest BCUT2D eigenvalue weighted by atomic mass is 32.2. The van der Waals surface area contributed by atoms with Crippen LogP contribution in [0.25, 0.3) is 5.69 Å². The van der Waals surface area contributed by atoms with E-state index >= 15 is 0 Å². The van der Waals surface area contributed by atoms with Gasteiger partial charge in [0, 0.05) is 0 Å². The van der Waals surface area contributed by atoms with E-state index in [1.54, 1.807) is 30.3 Å². The summed E-state index contributed by atoms with van der Waals surface area (Å²) in [7, 11) is -6.37. The van der Waals surface area contributed by atoms with Crippen molar-refractivity contribution in [2.45, 2.75) is 24.4 Å². The van der Waals surface area contributed by atoms with Gasteiger partial charge < -0.3 is 15.6 Å². The molecule has 3 aromatic rings. The van der Waals surface area contributed by atoms with Crippen LogP contribution in [0.3, 0.4) is 0 Å². The predicted molar refractivity (Wildman–Crippen MR) is 137 cm³/mol. The second kappa shape index (κ2) is 12.7. The highest BCUT2D eigenvalue weighted by Crippen LogP contribution is 2.33.